The summed E-state index contributed by atoms with van der Waals surface area (Å²) >= 11 is 1.43. The van der Waals surface area contributed by atoms with Gasteiger partial charge in [-0.3, -0.25) is 9.69 Å². The lowest BCUT2D eigenvalue weighted by molar-refractivity contribution is -0.139. The number of fused-ring (bicyclic) bond motifs is 1. The second kappa shape index (κ2) is 7.64. The van der Waals surface area contributed by atoms with Gasteiger partial charge in [-0.05, 0) is 25.0 Å². The third-order valence-corrected chi connectivity index (χ3v) is 6.00. The maximum atomic E-state index is 13.4. The molecule has 0 radical (unpaired) electrons. The zero-order valence-electron chi connectivity index (χ0n) is 15.7. The summed E-state index contributed by atoms with van der Waals surface area (Å²) in [6, 6.07) is 18.7. The molecule has 0 aromatic heterocycles. The summed E-state index contributed by atoms with van der Waals surface area (Å²) in [4.78, 5) is 32.4. The Morgan fingerprint density at radius 1 is 1.07 bits per heavy atom. The zero-order valence-corrected chi connectivity index (χ0v) is 16.5. The minimum atomic E-state index is -0.540. The Morgan fingerprint density at radius 3 is 2.29 bits per heavy atom. The van der Waals surface area contributed by atoms with Crippen molar-refractivity contribution in [3.8, 4) is 0 Å². The van der Waals surface area contributed by atoms with Crippen LogP contribution in [0.25, 0.3) is 0 Å². The van der Waals surface area contributed by atoms with E-state index in [-0.39, 0.29) is 17.8 Å². The Hall–Kier alpha value is -2.86. The van der Waals surface area contributed by atoms with Crippen LogP contribution in [0.4, 0.5) is 0 Å². The summed E-state index contributed by atoms with van der Waals surface area (Å²) < 4.78 is 5.29. The molecule has 2 aliphatic rings. The number of amidine groups is 1. The van der Waals surface area contributed by atoms with Gasteiger partial charge in [0.15, 0.2) is 5.17 Å². The highest BCUT2D eigenvalue weighted by Crippen LogP contribution is 2.48. The van der Waals surface area contributed by atoms with E-state index >= 15 is 0 Å². The van der Waals surface area contributed by atoms with Gasteiger partial charge in [0.1, 0.15) is 5.25 Å². The standard InChI is InChI=1S/C22H20N2O3S/c1-3-27-21(26)17-14(2)23-22-24(18(17)15-10-6-4-7-11-15)20(25)19(28-22)16-12-8-5-9-13-16/h4-13,18-19H,3H2,1-2H3/t18-,19+/m0/s1. The van der Waals surface area contributed by atoms with E-state index in [2.05, 4.69) is 4.99 Å². The number of benzene rings is 2. The van der Waals surface area contributed by atoms with Gasteiger partial charge < -0.3 is 4.74 Å². The number of hydrogen-bond donors (Lipinski definition) is 0. The van der Waals surface area contributed by atoms with Crippen molar-refractivity contribution in [2.24, 2.45) is 4.99 Å². The summed E-state index contributed by atoms with van der Waals surface area (Å²) in [6.07, 6.45) is 0. The van der Waals surface area contributed by atoms with Crippen molar-refractivity contribution in [3.05, 3.63) is 83.1 Å². The predicted molar refractivity (Wildman–Crippen MR) is 110 cm³/mol. The molecule has 28 heavy (non-hydrogen) atoms. The van der Waals surface area contributed by atoms with E-state index < -0.39 is 12.0 Å². The molecule has 6 heteroatoms. The van der Waals surface area contributed by atoms with Gasteiger partial charge in [-0.1, -0.05) is 72.4 Å². The first kappa shape index (κ1) is 18.5. The van der Waals surface area contributed by atoms with Gasteiger partial charge in [0.05, 0.1) is 23.9 Å². The molecule has 2 heterocycles. The number of esters is 1. The van der Waals surface area contributed by atoms with Gasteiger partial charge in [0.25, 0.3) is 0 Å². The van der Waals surface area contributed by atoms with E-state index in [1.807, 2.05) is 60.7 Å². The van der Waals surface area contributed by atoms with Crippen molar-refractivity contribution in [3.63, 3.8) is 0 Å². The Balaban J connectivity index is 1.81. The molecule has 142 valence electrons. The van der Waals surface area contributed by atoms with Gasteiger partial charge in [0, 0.05) is 0 Å². The number of allylic oxidation sites excluding steroid dienone is 1. The lowest BCUT2D eigenvalue weighted by atomic mass is 9.94. The molecule has 5 nitrogen and oxygen atoms in total. The molecule has 2 aliphatic heterocycles. The largest absolute Gasteiger partial charge is 0.463 e. The van der Waals surface area contributed by atoms with E-state index in [1.54, 1.807) is 18.7 Å². The van der Waals surface area contributed by atoms with Crippen LogP contribution in [0, 0.1) is 0 Å². The minimum Gasteiger partial charge on any atom is -0.463 e. The van der Waals surface area contributed by atoms with Crippen LogP contribution in [0.1, 0.15) is 36.3 Å². The maximum Gasteiger partial charge on any atom is 0.338 e. The number of thioether (sulfide) groups is 1. The molecule has 0 bridgehead atoms. The molecule has 2 aromatic carbocycles. The third kappa shape index (κ3) is 3.14. The number of amides is 1. The first-order valence-electron chi connectivity index (χ1n) is 9.18. The molecule has 1 saturated heterocycles. The molecule has 4 rings (SSSR count). The van der Waals surface area contributed by atoms with E-state index in [9.17, 15) is 9.59 Å². The summed E-state index contributed by atoms with van der Waals surface area (Å²) in [5.41, 5.74) is 2.80. The van der Waals surface area contributed by atoms with Crippen LogP contribution in [0.2, 0.25) is 0 Å². The topological polar surface area (TPSA) is 59.0 Å². The number of nitrogens with zero attached hydrogens (tertiary/aromatic N) is 2. The fourth-order valence-corrected chi connectivity index (χ4v) is 4.76. The molecule has 2 atom stereocenters. The van der Waals surface area contributed by atoms with Gasteiger partial charge in [-0.2, -0.15) is 0 Å². The number of rotatable bonds is 4. The summed E-state index contributed by atoms with van der Waals surface area (Å²) in [6.45, 7) is 3.83. The van der Waals surface area contributed by atoms with E-state index in [4.69, 9.17) is 4.74 Å². The summed E-state index contributed by atoms with van der Waals surface area (Å²) in [5.74, 6) is -0.504. The molecule has 1 fully saturated rings. The highest BCUT2D eigenvalue weighted by molar-refractivity contribution is 8.15. The first-order valence-corrected chi connectivity index (χ1v) is 10.1. The van der Waals surface area contributed by atoms with Crippen molar-refractivity contribution >= 4 is 28.8 Å². The van der Waals surface area contributed by atoms with Crippen LogP contribution in [-0.4, -0.2) is 28.6 Å². The average molecular weight is 392 g/mol. The fourth-order valence-electron chi connectivity index (χ4n) is 3.54. The second-order valence-corrected chi connectivity index (χ2v) is 7.62. The number of aliphatic imine (C=N–C) groups is 1. The van der Waals surface area contributed by atoms with Crippen molar-refractivity contribution in [2.45, 2.75) is 25.1 Å². The van der Waals surface area contributed by atoms with Crippen LogP contribution in [0.5, 0.6) is 0 Å². The molecule has 0 unspecified atom stereocenters. The summed E-state index contributed by atoms with van der Waals surface area (Å²) in [5, 5.41) is 0.249. The normalized spacial score (nSPS) is 21.4. The lowest BCUT2D eigenvalue weighted by Gasteiger charge is -2.33. The molecule has 1 amide bonds. The van der Waals surface area contributed by atoms with Crippen molar-refractivity contribution in [2.75, 3.05) is 6.61 Å². The zero-order chi connectivity index (χ0) is 19.7. The van der Waals surface area contributed by atoms with Crippen LogP contribution in [0.3, 0.4) is 0 Å². The maximum absolute atomic E-state index is 13.4. The Morgan fingerprint density at radius 2 is 1.68 bits per heavy atom. The quantitative estimate of drug-likeness (QED) is 0.730. The van der Waals surface area contributed by atoms with Gasteiger partial charge in [-0.15, -0.1) is 0 Å². The molecular weight excluding hydrogens is 372 g/mol. The molecular formula is C22H20N2O3S. The van der Waals surface area contributed by atoms with Crippen LogP contribution in [-0.2, 0) is 14.3 Å². The minimum absolute atomic E-state index is 0.0712. The smallest absolute Gasteiger partial charge is 0.338 e. The second-order valence-electron chi connectivity index (χ2n) is 6.54. The third-order valence-electron chi connectivity index (χ3n) is 4.79. The molecule has 0 N–H and O–H groups in total. The number of hydrogen-bond acceptors (Lipinski definition) is 5. The monoisotopic (exact) mass is 392 g/mol. The Kier molecular flexibility index (Phi) is 5.05. The van der Waals surface area contributed by atoms with Crippen molar-refractivity contribution in [1.82, 2.24) is 4.90 Å². The van der Waals surface area contributed by atoms with Crippen LogP contribution in [0.15, 0.2) is 76.9 Å². The highest BCUT2D eigenvalue weighted by Gasteiger charge is 2.48. The highest BCUT2D eigenvalue weighted by atomic mass is 32.2. The van der Waals surface area contributed by atoms with Crippen molar-refractivity contribution < 1.29 is 14.3 Å². The van der Waals surface area contributed by atoms with Gasteiger partial charge >= 0.3 is 5.97 Å². The molecule has 2 aromatic rings. The average Bonchev–Trinajstić information content (AvgIpc) is 3.04. The summed E-state index contributed by atoms with van der Waals surface area (Å²) in [7, 11) is 0. The van der Waals surface area contributed by atoms with E-state index in [0.717, 1.165) is 11.1 Å². The van der Waals surface area contributed by atoms with Crippen molar-refractivity contribution in [1.29, 1.82) is 0 Å². The number of carbonyl (C=O) groups is 2. The Bertz CT molecular complexity index is 970. The van der Waals surface area contributed by atoms with E-state index in [1.165, 1.54) is 11.8 Å². The van der Waals surface area contributed by atoms with Crippen LogP contribution < -0.4 is 0 Å². The molecule has 0 saturated carbocycles. The van der Waals surface area contributed by atoms with Gasteiger partial charge in [-0.25, -0.2) is 9.79 Å². The SMILES string of the molecule is CCOC(=O)C1=C(C)N=C2S[C@H](c3ccccc3)C(=O)N2[C@H]1c1ccccc1. The lowest BCUT2D eigenvalue weighted by Crippen LogP contribution is -2.40. The fraction of sp³-hybridized carbons (Fsp3) is 0.227. The number of carbonyl (C=O) groups excluding carboxylic acids is 2. The molecule has 0 spiro atoms. The van der Waals surface area contributed by atoms with Gasteiger partial charge in [0.2, 0.25) is 5.91 Å². The number of ether oxygens (including phenoxy) is 1. The van der Waals surface area contributed by atoms with E-state index in [0.29, 0.717) is 16.4 Å². The first-order chi connectivity index (χ1) is 13.6. The van der Waals surface area contributed by atoms with Crippen LogP contribution >= 0.6 is 11.8 Å². The predicted octanol–water partition coefficient (Wildman–Crippen LogP) is 4.25. The Labute approximate surface area is 168 Å². The molecule has 0 aliphatic carbocycles.